The first-order valence-corrected chi connectivity index (χ1v) is 9.49. The Balaban J connectivity index is 2.04. The molecule has 1 aromatic carbocycles. The van der Waals surface area contributed by atoms with Gasteiger partial charge in [0.25, 0.3) is 0 Å². The zero-order valence-corrected chi connectivity index (χ0v) is 15.1. The number of carbonyl (C=O) groups excluding carboxylic acids is 1. The van der Waals surface area contributed by atoms with Crippen molar-refractivity contribution in [2.75, 3.05) is 39.3 Å². The minimum Gasteiger partial charge on any atom is -0.355 e. The Kier molecular flexibility index (Phi) is 6.27. The molecule has 0 unspecified atom stereocenters. The minimum absolute atomic E-state index is 0.0174. The van der Waals surface area contributed by atoms with Gasteiger partial charge < -0.3 is 5.32 Å². The summed E-state index contributed by atoms with van der Waals surface area (Å²) in [5, 5.41) is 2.98. The average molecular weight is 380 g/mol. The molecule has 0 radical (unpaired) electrons. The van der Waals surface area contributed by atoms with Crippen molar-refractivity contribution in [3.63, 3.8) is 0 Å². The molecule has 1 heterocycles. The fraction of sp³-hybridized carbons (Fsp3) is 0.500. The van der Waals surface area contributed by atoms with Crippen LogP contribution in [-0.2, 0) is 14.8 Å². The molecule has 0 aliphatic carbocycles. The van der Waals surface area contributed by atoms with E-state index in [4.69, 9.17) is 23.2 Å². The van der Waals surface area contributed by atoms with E-state index in [1.54, 1.807) is 12.1 Å². The molecule has 2 rings (SSSR count). The van der Waals surface area contributed by atoms with Crippen molar-refractivity contribution in [3.8, 4) is 0 Å². The number of benzene rings is 1. The number of carbonyl (C=O) groups is 1. The highest BCUT2D eigenvalue weighted by molar-refractivity contribution is 7.89. The molecule has 0 bridgehead atoms. The molecule has 1 saturated heterocycles. The van der Waals surface area contributed by atoms with E-state index in [9.17, 15) is 13.2 Å². The van der Waals surface area contributed by atoms with Gasteiger partial charge in [0.1, 0.15) is 4.90 Å². The molecular weight excluding hydrogens is 361 g/mol. The lowest BCUT2D eigenvalue weighted by Crippen LogP contribution is -2.51. The number of hydrogen-bond donors (Lipinski definition) is 1. The van der Waals surface area contributed by atoms with E-state index in [1.165, 1.54) is 10.4 Å². The Labute approximate surface area is 146 Å². The van der Waals surface area contributed by atoms with Crippen molar-refractivity contribution in [1.82, 2.24) is 14.5 Å². The Hall–Kier alpha value is -0.860. The van der Waals surface area contributed by atoms with Crippen LogP contribution >= 0.6 is 23.2 Å². The van der Waals surface area contributed by atoms with E-state index in [1.807, 2.05) is 11.8 Å². The van der Waals surface area contributed by atoms with Crippen molar-refractivity contribution >= 4 is 39.1 Å². The van der Waals surface area contributed by atoms with Gasteiger partial charge in [-0.2, -0.15) is 4.31 Å². The van der Waals surface area contributed by atoms with Gasteiger partial charge in [-0.3, -0.25) is 9.69 Å². The zero-order valence-electron chi connectivity index (χ0n) is 12.8. The SMILES string of the molecule is CCNC(=O)CN1CCN(S(=O)(=O)c2cccc(Cl)c2Cl)CC1. The maximum atomic E-state index is 12.7. The Morgan fingerprint density at radius 1 is 1.22 bits per heavy atom. The molecule has 23 heavy (non-hydrogen) atoms. The number of hydrogen-bond acceptors (Lipinski definition) is 4. The molecule has 1 N–H and O–H groups in total. The standard InChI is InChI=1S/C14H19Cl2N3O3S/c1-2-17-13(20)10-18-6-8-19(9-7-18)23(21,22)12-5-3-4-11(15)14(12)16/h3-5H,2,6-10H2,1H3,(H,17,20). The Bertz CT molecular complexity index is 674. The van der Waals surface area contributed by atoms with E-state index in [0.29, 0.717) is 32.7 Å². The minimum atomic E-state index is -3.69. The van der Waals surface area contributed by atoms with Gasteiger partial charge in [-0.05, 0) is 19.1 Å². The molecule has 128 valence electrons. The van der Waals surface area contributed by atoms with Gasteiger partial charge in [-0.15, -0.1) is 0 Å². The third-order valence-corrected chi connectivity index (χ3v) is 6.48. The number of amides is 1. The molecule has 1 aliphatic heterocycles. The highest BCUT2D eigenvalue weighted by atomic mass is 35.5. The normalized spacial score (nSPS) is 17.2. The average Bonchev–Trinajstić information content (AvgIpc) is 2.50. The molecule has 1 amide bonds. The summed E-state index contributed by atoms with van der Waals surface area (Å²) in [7, 11) is -3.69. The molecule has 1 fully saturated rings. The summed E-state index contributed by atoms with van der Waals surface area (Å²) in [5.41, 5.74) is 0. The molecule has 1 aliphatic rings. The number of nitrogens with one attached hydrogen (secondary N) is 1. The number of sulfonamides is 1. The maximum Gasteiger partial charge on any atom is 0.244 e. The number of nitrogens with zero attached hydrogens (tertiary/aromatic N) is 2. The lowest BCUT2D eigenvalue weighted by molar-refractivity contribution is -0.122. The van der Waals surface area contributed by atoms with Crippen LogP contribution < -0.4 is 5.32 Å². The maximum absolute atomic E-state index is 12.7. The van der Waals surface area contributed by atoms with E-state index in [2.05, 4.69) is 5.32 Å². The summed E-state index contributed by atoms with van der Waals surface area (Å²) in [6.45, 7) is 4.33. The highest BCUT2D eigenvalue weighted by Gasteiger charge is 2.30. The van der Waals surface area contributed by atoms with Crippen LogP contribution in [0.15, 0.2) is 23.1 Å². The summed E-state index contributed by atoms with van der Waals surface area (Å²) in [4.78, 5) is 13.5. The third-order valence-electron chi connectivity index (χ3n) is 3.61. The van der Waals surface area contributed by atoms with Gasteiger partial charge >= 0.3 is 0 Å². The second kappa shape index (κ2) is 7.81. The predicted molar refractivity (Wildman–Crippen MR) is 90.3 cm³/mol. The van der Waals surface area contributed by atoms with Gasteiger partial charge in [0.15, 0.2) is 0 Å². The predicted octanol–water partition coefficient (Wildman–Crippen LogP) is 1.44. The molecule has 1 aromatic rings. The van der Waals surface area contributed by atoms with Crippen LogP contribution in [0.2, 0.25) is 10.0 Å². The third kappa shape index (κ3) is 4.36. The largest absolute Gasteiger partial charge is 0.355 e. The summed E-state index contributed by atoms with van der Waals surface area (Å²) < 4.78 is 26.7. The number of halogens is 2. The van der Waals surface area contributed by atoms with Crippen molar-refractivity contribution < 1.29 is 13.2 Å². The first-order chi connectivity index (χ1) is 10.9. The van der Waals surface area contributed by atoms with Crippen molar-refractivity contribution in [2.45, 2.75) is 11.8 Å². The molecule has 6 nitrogen and oxygen atoms in total. The molecule has 0 aromatic heterocycles. The summed E-state index contributed by atoms with van der Waals surface area (Å²) in [6.07, 6.45) is 0. The second-order valence-electron chi connectivity index (χ2n) is 5.19. The Morgan fingerprint density at radius 3 is 2.48 bits per heavy atom. The van der Waals surface area contributed by atoms with Crippen LogP contribution in [0.4, 0.5) is 0 Å². The van der Waals surface area contributed by atoms with Crippen LogP contribution in [0, 0.1) is 0 Å². The van der Waals surface area contributed by atoms with Crippen molar-refractivity contribution in [2.24, 2.45) is 0 Å². The fourth-order valence-electron chi connectivity index (χ4n) is 2.41. The number of piperazine rings is 1. The van der Waals surface area contributed by atoms with Crippen molar-refractivity contribution in [3.05, 3.63) is 28.2 Å². The summed E-state index contributed by atoms with van der Waals surface area (Å²) >= 11 is 11.9. The van der Waals surface area contributed by atoms with Gasteiger partial charge in [-0.1, -0.05) is 29.3 Å². The topological polar surface area (TPSA) is 69.7 Å². The van der Waals surface area contributed by atoms with E-state index in [-0.39, 0.29) is 27.4 Å². The molecule has 9 heteroatoms. The first kappa shape index (κ1) is 18.5. The van der Waals surface area contributed by atoms with Crippen molar-refractivity contribution in [1.29, 1.82) is 0 Å². The van der Waals surface area contributed by atoms with Gasteiger partial charge in [0.2, 0.25) is 15.9 Å². The van der Waals surface area contributed by atoms with Gasteiger partial charge in [0, 0.05) is 32.7 Å². The van der Waals surface area contributed by atoms with Gasteiger partial charge in [0.05, 0.1) is 16.6 Å². The zero-order chi connectivity index (χ0) is 17.0. The quantitative estimate of drug-likeness (QED) is 0.839. The smallest absolute Gasteiger partial charge is 0.244 e. The molecular formula is C14H19Cl2N3O3S. The number of likely N-dealkylation sites (N-methyl/N-ethyl adjacent to an activating group) is 1. The van der Waals surface area contributed by atoms with Crippen LogP contribution in [0.1, 0.15) is 6.92 Å². The van der Waals surface area contributed by atoms with E-state index >= 15 is 0 Å². The highest BCUT2D eigenvalue weighted by Crippen LogP contribution is 2.31. The summed E-state index contributed by atoms with van der Waals surface area (Å²) in [5.74, 6) is -0.0540. The van der Waals surface area contributed by atoms with E-state index < -0.39 is 10.0 Å². The second-order valence-corrected chi connectivity index (χ2v) is 7.88. The van der Waals surface area contributed by atoms with Crippen LogP contribution in [0.3, 0.4) is 0 Å². The van der Waals surface area contributed by atoms with Gasteiger partial charge in [-0.25, -0.2) is 8.42 Å². The Morgan fingerprint density at radius 2 is 1.87 bits per heavy atom. The number of rotatable bonds is 5. The van der Waals surface area contributed by atoms with Crippen LogP contribution in [0.5, 0.6) is 0 Å². The van der Waals surface area contributed by atoms with Crippen LogP contribution in [0.25, 0.3) is 0 Å². The fourth-order valence-corrected chi connectivity index (χ4v) is 4.56. The monoisotopic (exact) mass is 379 g/mol. The molecule has 0 atom stereocenters. The molecule has 0 spiro atoms. The lowest BCUT2D eigenvalue weighted by Gasteiger charge is -2.33. The first-order valence-electron chi connectivity index (χ1n) is 7.29. The lowest BCUT2D eigenvalue weighted by atomic mass is 10.3. The van der Waals surface area contributed by atoms with Crippen LogP contribution in [-0.4, -0.2) is 62.8 Å². The summed E-state index contributed by atoms with van der Waals surface area (Å²) in [6, 6.07) is 4.56. The molecule has 0 saturated carbocycles. The van der Waals surface area contributed by atoms with E-state index in [0.717, 1.165) is 0 Å².